The third kappa shape index (κ3) is 6.09. The lowest BCUT2D eigenvalue weighted by molar-refractivity contribution is 0.539. The first-order valence-corrected chi connectivity index (χ1v) is 9.60. The predicted molar refractivity (Wildman–Crippen MR) is 85.3 cm³/mol. The van der Waals surface area contributed by atoms with Crippen molar-refractivity contribution in [1.82, 2.24) is 9.97 Å². The van der Waals surface area contributed by atoms with Crippen LogP contribution >= 0.6 is 11.8 Å². The zero-order valence-electron chi connectivity index (χ0n) is 12.7. The van der Waals surface area contributed by atoms with Gasteiger partial charge in [-0.1, -0.05) is 20.8 Å². The molecule has 0 radical (unpaired) electrons. The fourth-order valence-electron chi connectivity index (χ4n) is 1.40. The van der Waals surface area contributed by atoms with Crippen molar-refractivity contribution in [2.75, 3.05) is 29.6 Å². The van der Waals surface area contributed by atoms with Crippen LogP contribution in [0.5, 0.6) is 0 Å². The summed E-state index contributed by atoms with van der Waals surface area (Å²) < 4.78 is 22.3. The van der Waals surface area contributed by atoms with Gasteiger partial charge in [0.1, 0.15) is 26.5 Å². The first-order valence-electron chi connectivity index (χ1n) is 6.56. The van der Waals surface area contributed by atoms with Crippen molar-refractivity contribution in [1.29, 1.82) is 0 Å². The van der Waals surface area contributed by atoms with Crippen molar-refractivity contribution in [3.05, 3.63) is 11.9 Å². The molecule has 1 aromatic heterocycles. The first kappa shape index (κ1) is 17.2. The molecule has 1 aromatic rings. The molecule has 1 N–H and O–H groups in total. The molecule has 0 aliphatic carbocycles. The lowest BCUT2D eigenvalue weighted by Crippen LogP contribution is -2.18. The van der Waals surface area contributed by atoms with Gasteiger partial charge in [0.15, 0.2) is 0 Å². The number of rotatable bonds is 6. The Morgan fingerprint density at radius 2 is 1.95 bits per heavy atom. The number of hydrogen-bond acceptors (Lipinski definition) is 6. The summed E-state index contributed by atoms with van der Waals surface area (Å²) in [5.41, 5.74) is -0.141. The summed E-state index contributed by atoms with van der Waals surface area (Å²) in [4.78, 5) is 9.02. The smallest absolute Gasteiger partial charge is 0.148 e. The summed E-state index contributed by atoms with van der Waals surface area (Å²) in [5, 5.41) is 3.99. The van der Waals surface area contributed by atoms with Crippen LogP contribution in [-0.4, -0.2) is 42.7 Å². The van der Waals surface area contributed by atoms with Gasteiger partial charge in [0, 0.05) is 30.0 Å². The second-order valence-electron chi connectivity index (χ2n) is 5.67. The minimum Gasteiger partial charge on any atom is -0.370 e. The fraction of sp³-hybridized carbons (Fsp3) is 0.692. The van der Waals surface area contributed by atoms with E-state index in [2.05, 4.69) is 36.1 Å². The summed E-state index contributed by atoms with van der Waals surface area (Å²) in [6.45, 7) is 8.97. The molecule has 0 aliphatic heterocycles. The number of thioether (sulfide) groups is 1. The van der Waals surface area contributed by atoms with Gasteiger partial charge in [-0.2, -0.15) is 0 Å². The van der Waals surface area contributed by atoms with Crippen LogP contribution in [-0.2, 0) is 15.3 Å². The quantitative estimate of drug-likeness (QED) is 0.641. The molecule has 7 heteroatoms. The minimum atomic E-state index is -2.93. The van der Waals surface area contributed by atoms with Crippen LogP contribution in [0.4, 0.5) is 5.82 Å². The predicted octanol–water partition coefficient (Wildman–Crippen LogP) is 2.34. The van der Waals surface area contributed by atoms with E-state index in [1.54, 1.807) is 0 Å². The van der Waals surface area contributed by atoms with E-state index < -0.39 is 9.84 Å². The average Bonchev–Trinajstić information content (AvgIpc) is 2.26. The Morgan fingerprint density at radius 3 is 2.45 bits per heavy atom. The molecular formula is C13H23N3O2S2. The van der Waals surface area contributed by atoms with Crippen molar-refractivity contribution in [2.45, 2.75) is 38.1 Å². The molecule has 20 heavy (non-hydrogen) atoms. The second kappa shape index (κ2) is 6.76. The van der Waals surface area contributed by atoms with E-state index in [-0.39, 0.29) is 11.2 Å². The van der Waals surface area contributed by atoms with Crippen LogP contribution in [0.1, 0.15) is 33.5 Å². The number of nitrogens with one attached hydrogen (secondary N) is 1. The lowest BCUT2D eigenvalue weighted by Gasteiger charge is -2.18. The van der Waals surface area contributed by atoms with Gasteiger partial charge in [0.2, 0.25) is 0 Å². The maximum absolute atomic E-state index is 11.2. The molecule has 0 fully saturated rings. The molecule has 0 saturated heterocycles. The maximum atomic E-state index is 11.2. The van der Waals surface area contributed by atoms with Crippen molar-refractivity contribution in [3.8, 4) is 0 Å². The number of aromatic nitrogens is 2. The topological polar surface area (TPSA) is 72.0 Å². The Bertz CT molecular complexity index is 551. The van der Waals surface area contributed by atoms with E-state index >= 15 is 0 Å². The molecule has 0 spiro atoms. The molecule has 0 bridgehead atoms. The Kier molecular flexibility index (Phi) is 5.82. The summed E-state index contributed by atoms with van der Waals surface area (Å²) in [6.07, 6.45) is 1.25. The standard InChI is InChI=1S/C13H23N3O2S2/c1-6-14-10-9-11(19-7-8-20(5,17)18)16-12(15-10)13(2,3)4/h9H,6-8H2,1-5H3,(H,14,15,16). The van der Waals surface area contributed by atoms with Crippen LogP contribution in [0, 0.1) is 0 Å². The van der Waals surface area contributed by atoms with Gasteiger partial charge >= 0.3 is 0 Å². The monoisotopic (exact) mass is 317 g/mol. The molecule has 5 nitrogen and oxygen atoms in total. The van der Waals surface area contributed by atoms with Gasteiger partial charge in [-0.3, -0.25) is 0 Å². The lowest BCUT2D eigenvalue weighted by atomic mass is 9.96. The molecule has 0 aromatic carbocycles. The number of hydrogen-bond donors (Lipinski definition) is 1. The van der Waals surface area contributed by atoms with E-state index in [1.807, 2.05) is 13.0 Å². The molecule has 1 rings (SSSR count). The van der Waals surface area contributed by atoms with E-state index in [4.69, 9.17) is 0 Å². The molecule has 0 unspecified atom stereocenters. The normalized spacial score (nSPS) is 12.4. The van der Waals surface area contributed by atoms with Crippen molar-refractivity contribution < 1.29 is 8.42 Å². The molecule has 0 atom stereocenters. The van der Waals surface area contributed by atoms with Gasteiger partial charge in [0.25, 0.3) is 0 Å². The molecule has 1 heterocycles. The summed E-state index contributed by atoms with van der Waals surface area (Å²) in [7, 11) is -2.93. The molecular weight excluding hydrogens is 294 g/mol. The Labute approximate surface area is 125 Å². The largest absolute Gasteiger partial charge is 0.370 e. The van der Waals surface area contributed by atoms with Crippen LogP contribution < -0.4 is 5.32 Å². The molecule has 0 saturated carbocycles. The van der Waals surface area contributed by atoms with E-state index in [1.165, 1.54) is 18.0 Å². The zero-order valence-corrected chi connectivity index (χ0v) is 14.4. The molecule has 0 amide bonds. The van der Waals surface area contributed by atoms with Gasteiger partial charge in [-0.05, 0) is 6.92 Å². The van der Waals surface area contributed by atoms with Gasteiger partial charge in [-0.25, -0.2) is 18.4 Å². The highest BCUT2D eigenvalue weighted by molar-refractivity contribution is 8.00. The fourth-order valence-corrected chi connectivity index (χ4v) is 3.50. The minimum absolute atomic E-state index is 0.141. The van der Waals surface area contributed by atoms with Gasteiger partial charge < -0.3 is 5.32 Å². The Balaban J connectivity index is 2.91. The van der Waals surface area contributed by atoms with Crippen LogP contribution in [0.2, 0.25) is 0 Å². The summed E-state index contributed by atoms with van der Waals surface area (Å²) in [5.74, 6) is 2.21. The number of anilines is 1. The first-order chi connectivity index (χ1) is 9.12. The average molecular weight is 317 g/mol. The number of nitrogens with zero attached hydrogens (tertiary/aromatic N) is 2. The molecule has 114 valence electrons. The van der Waals surface area contributed by atoms with E-state index in [9.17, 15) is 8.42 Å². The van der Waals surface area contributed by atoms with Crippen molar-refractivity contribution in [3.63, 3.8) is 0 Å². The Hall–Kier alpha value is -0.820. The molecule has 0 aliphatic rings. The van der Waals surface area contributed by atoms with Gasteiger partial charge in [-0.15, -0.1) is 11.8 Å². The number of sulfone groups is 1. The van der Waals surface area contributed by atoms with Crippen LogP contribution in [0.3, 0.4) is 0 Å². The van der Waals surface area contributed by atoms with E-state index in [0.717, 1.165) is 23.2 Å². The highest BCUT2D eigenvalue weighted by Crippen LogP contribution is 2.25. The van der Waals surface area contributed by atoms with Crippen molar-refractivity contribution >= 4 is 27.4 Å². The summed E-state index contributed by atoms with van der Waals surface area (Å²) in [6, 6.07) is 1.87. The third-order valence-corrected chi connectivity index (χ3v) is 4.55. The van der Waals surface area contributed by atoms with E-state index in [0.29, 0.717) is 5.75 Å². The zero-order chi connectivity index (χ0) is 15.4. The van der Waals surface area contributed by atoms with Crippen molar-refractivity contribution in [2.24, 2.45) is 0 Å². The van der Waals surface area contributed by atoms with Crippen LogP contribution in [0.25, 0.3) is 0 Å². The highest BCUT2D eigenvalue weighted by atomic mass is 32.2. The second-order valence-corrected chi connectivity index (χ2v) is 9.05. The Morgan fingerprint density at radius 1 is 1.30 bits per heavy atom. The van der Waals surface area contributed by atoms with Crippen LogP contribution in [0.15, 0.2) is 11.1 Å². The SMILES string of the molecule is CCNc1cc(SCCS(C)(=O)=O)nc(C(C)(C)C)n1. The maximum Gasteiger partial charge on any atom is 0.148 e. The third-order valence-electron chi connectivity index (χ3n) is 2.44. The highest BCUT2D eigenvalue weighted by Gasteiger charge is 2.19. The van der Waals surface area contributed by atoms with Gasteiger partial charge in [0.05, 0.1) is 5.75 Å². The summed E-state index contributed by atoms with van der Waals surface area (Å²) >= 11 is 1.45.